The summed E-state index contributed by atoms with van der Waals surface area (Å²) in [5.41, 5.74) is 0. The molecule has 0 aromatic rings. The van der Waals surface area contributed by atoms with E-state index in [9.17, 15) is 0 Å². The van der Waals surface area contributed by atoms with Crippen LogP contribution in [0.3, 0.4) is 0 Å². The first-order valence-corrected chi connectivity index (χ1v) is 1.60. The second kappa shape index (κ2) is 26.7. The van der Waals surface area contributed by atoms with Gasteiger partial charge in [0.25, 0.3) is 0 Å². The smallest absolute Gasteiger partial charge is 4.00 e. The maximum Gasteiger partial charge on any atom is 4.00 e. The van der Waals surface area contributed by atoms with Gasteiger partial charge in [0, 0.05) is 0 Å². The molecule has 0 atom stereocenters. The molecule has 0 fully saturated rings. The van der Waals surface area contributed by atoms with Gasteiger partial charge < -0.3 is 5.48 Å². The predicted molar refractivity (Wildman–Crippen MR) is 7.13 cm³/mol. The largest absolute Gasteiger partial charge is 4.00 e. The van der Waals surface area contributed by atoms with Crippen molar-refractivity contribution in [2.75, 3.05) is 0 Å². The molecule has 0 saturated heterocycles. The predicted octanol–water partition coefficient (Wildman–Crippen LogP) is -0.621. The molecule has 0 saturated carbocycles. The molecule has 0 N–H and O–H groups in total. The van der Waals surface area contributed by atoms with Crippen LogP contribution in [-0.2, 0) is 30.0 Å². The molecule has 4 heteroatoms. The molecule has 4 heavy (non-hydrogen) atoms. The van der Waals surface area contributed by atoms with Crippen LogP contribution >= 0.6 is 0 Å². The zero-order valence-electron chi connectivity index (χ0n) is 1.76. The van der Waals surface area contributed by atoms with Gasteiger partial charge in [-0.3, -0.25) is 0 Å². The van der Waals surface area contributed by atoms with Gasteiger partial charge in [-0.05, 0) is 0 Å². The second-order valence-electron chi connectivity index (χ2n) is 0. The Balaban J connectivity index is -0.00000000500. The van der Waals surface area contributed by atoms with Crippen molar-refractivity contribution in [1.82, 2.24) is 0 Å². The summed E-state index contributed by atoms with van der Waals surface area (Å²) in [5.74, 6) is 0. The minimum absolute atomic E-state index is 0. The summed E-state index contributed by atoms with van der Waals surface area (Å²) in [4.78, 5) is 0. The van der Waals surface area contributed by atoms with Crippen molar-refractivity contribution in [3.63, 3.8) is 0 Å². The van der Waals surface area contributed by atoms with Gasteiger partial charge in [-0.2, -0.15) is 0 Å². The van der Waals surface area contributed by atoms with Crippen LogP contribution in [-0.4, -0.2) is 24.7 Å². The van der Waals surface area contributed by atoms with E-state index in [1.807, 2.05) is 0 Å². The summed E-state index contributed by atoms with van der Waals surface area (Å²) >= 11 is 0.194. The van der Waals surface area contributed by atoms with Gasteiger partial charge in [-0.1, -0.05) is 0 Å². The Morgan fingerprint density at radius 1 is 1.25 bits per heavy atom. The Morgan fingerprint density at radius 3 is 1.25 bits per heavy atom. The van der Waals surface area contributed by atoms with Crippen LogP contribution in [0, 0.1) is 0 Å². The SMILES string of the molecule is [O-2].[O]=[Bi+].[Ti+4]. The van der Waals surface area contributed by atoms with Gasteiger partial charge >= 0.3 is 49.3 Å². The fourth-order valence-corrected chi connectivity index (χ4v) is 0. The minimum atomic E-state index is 0. The van der Waals surface area contributed by atoms with Crippen molar-refractivity contribution >= 4 is 24.7 Å². The molecule has 0 unspecified atom stereocenters. The van der Waals surface area contributed by atoms with Crippen LogP contribution in [0.1, 0.15) is 0 Å². The van der Waals surface area contributed by atoms with Crippen molar-refractivity contribution in [3.8, 4) is 0 Å². The van der Waals surface area contributed by atoms with E-state index in [0.717, 1.165) is 0 Å². The quantitative estimate of drug-likeness (QED) is 0.548. The van der Waals surface area contributed by atoms with Crippen molar-refractivity contribution in [2.24, 2.45) is 0 Å². The van der Waals surface area contributed by atoms with E-state index in [-0.39, 0.29) is 51.9 Å². The molecule has 0 aromatic heterocycles. The van der Waals surface area contributed by atoms with Gasteiger partial charge in [0.1, 0.15) is 0 Å². The zero-order valence-corrected chi connectivity index (χ0v) is 6.80. The molecule has 0 aliphatic heterocycles. The van der Waals surface area contributed by atoms with E-state index >= 15 is 0 Å². The molecule has 0 aliphatic rings. The summed E-state index contributed by atoms with van der Waals surface area (Å²) in [6.07, 6.45) is 0. The maximum atomic E-state index is 8.36. The molecule has 0 spiro atoms. The summed E-state index contributed by atoms with van der Waals surface area (Å²) in [7, 11) is 0. The van der Waals surface area contributed by atoms with Crippen LogP contribution in [0.15, 0.2) is 0 Å². The van der Waals surface area contributed by atoms with Crippen molar-refractivity contribution in [2.45, 2.75) is 0 Å². The molecule has 0 aliphatic carbocycles. The monoisotopic (exact) mass is 289 g/mol. The number of hydrogen-bond acceptors (Lipinski definition) is 1. The standard InChI is InChI=1S/Bi.2O.Ti/q+1;;-2;+4. The van der Waals surface area contributed by atoms with E-state index in [0.29, 0.717) is 0 Å². The average molecular weight is 289 g/mol. The minimum Gasteiger partial charge on any atom is 4.00 e. The fraction of sp³-hybridized carbons (Fsp3) is 0. The molecule has 2 radical (unpaired) electrons. The maximum absolute atomic E-state index is 8.36. The van der Waals surface area contributed by atoms with Crippen LogP contribution in [0.5, 0.6) is 0 Å². The van der Waals surface area contributed by atoms with E-state index < -0.39 is 0 Å². The third-order valence-corrected chi connectivity index (χ3v) is 0. The molecule has 0 bridgehead atoms. The van der Waals surface area contributed by atoms with Crippen molar-refractivity contribution in [1.29, 1.82) is 0 Å². The molecule has 18 valence electrons. The van der Waals surface area contributed by atoms with Gasteiger partial charge in [0.2, 0.25) is 0 Å². The van der Waals surface area contributed by atoms with E-state index in [4.69, 9.17) is 2.81 Å². The van der Waals surface area contributed by atoms with Crippen molar-refractivity contribution < 1.29 is 30.0 Å². The Morgan fingerprint density at radius 2 is 1.25 bits per heavy atom. The van der Waals surface area contributed by atoms with Crippen LogP contribution in [0.2, 0.25) is 0 Å². The van der Waals surface area contributed by atoms with Gasteiger partial charge in [0.15, 0.2) is 0 Å². The Hall–Kier alpha value is 1.36. The van der Waals surface area contributed by atoms with E-state index in [1.165, 1.54) is 0 Å². The van der Waals surface area contributed by atoms with Gasteiger partial charge in [-0.15, -0.1) is 0 Å². The van der Waals surface area contributed by atoms with Crippen LogP contribution in [0.4, 0.5) is 0 Å². The molecule has 2 nitrogen and oxygen atoms in total. The van der Waals surface area contributed by atoms with Gasteiger partial charge in [0.05, 0.1) is 0 Å². The first-order chi connectivity index (χ1) is 1.00. The Labute approximate surface area is 54.4 Å². The first-order valence-electron chi connectivity index (χ1n) is 0.183. The Bertz CT molecular complexity index is 6.00. The summed E-state index contributed by atoms with van der Waals surface area (Å²) in [5, 5.41) is 0. The summed E-state index contributed by atoms with van der Waals surface area (Å²) in [6, 6.07) is 0. The summed E-state index contributed by atoms with van der Waals surface area (Å²) in [6.45, 7) is 0. The average Bonchev–Trinajstić information content (AvgIpc) is 1.00. The molecular formula is BiO2Ti+3. The van der Waals surface area contributed by atoms with Crippen LogP contribution in [0.25, 0.3) is 0 Å². The molecule has 0 heterocycles. The zero-order chi connectivity index (χ0) is 2.00. The summed E-state index contributed by atoms with van der Waals surface area (Å²) < 4.78 is 8.36. The second-order valence-corrected chi connectivity index (χ2v) is 0. The number of rotatable bonds is 0. The topological polar surface area (TPSA) is 45.6 Å². The third kappa shape index (κ3) is 10.1. The van der Waals surface area contributed by atoms with Crippen LogP contribution < -0.4 is 0 Å². The third-order valence-electron chi connectivity index (χ3n) is 0. The first kappa shape index (κ1) is 18.3. The molecule has 0 amide bonds. The molecular weight excluding hydrogens is 289 g/mol. The Kier molecular flexibility index (Phi) is 122. The van der Waals surface area contributed by atoms with Crippen molar-refractivity contribution in [3.05, 3.63) is 0 Å². The normalized spacial score (nSPS) is 1.00. The molecule has 0 aromatic carbocycles. The van der Waals surface area contributed by atoms with Gasteiger partial charge in [-0.25, -0.2) is 0 Å². The van der Waals surface area contributed by atoms with E-state index in [1.54, 1.807) is 0 Å². The molecule has 0 rings (SSSR count). The fourth-order valence-electron chi connectivity index (χ4n) is 0. The number of hydrogen-bond donors (Lipinski definition) is 0. The van der Waals surface area contributed by atoms with E-state index in [2.05, 4.69) is 0 Å².